The third-order valence-corrected chi connectivity index (χ3v) is 3.73. The Hall–Kier alpha value is -2.18. The van der Waals surface area contributed by atoms with Crippen molar-refractivity contribution in [3.05, 3.63) is 36.4 Å². The number of hydrogen-bond acceptors (Lipinski definition) is 6. The highest BCUT2D eigenvalue weighted by molar-refractivity contribution is 5.64. The molecule has 122 valence electrons. The van der Waals surface area contributed by atoms with Gasteiger partial charge in [-0.1, -0.05) is 30.3 Å². The molecule has 1 atom stereocenters. The number of rotatable bonds is 7. The van der Waals surface area contributed by atoms with Crippen LogP contribution in [0, 0.1) is 0 Å². The Morgan fingerprint density at radius 1 is 1.17 bits per heavy atom. The lowest BCUT2D eigenvalue weighted by Crippen LogP contribution is -2.19. The van der Waals surface area contributed by atoms with Gasteiger partial charge in [0.2, 0.25) is 5.95 Å². The summed E-state index contributed by atoms with van der Waals surface area (Å²) in [5.41, 5.74) is 1.87. The van der Waals surface area contributed by atoms with Crippen LogP contribution < -0.4 is 10.6 Å². The second-order valence-corrected chi connectivity index (χ2v) is 5.49. The number of ether oxygens (including phenoxy) is 1. The molecule has 23 heavy (non-hydrogen) atoms. The molecule has 2 aromatic rings. The highest BCUT2D eigenvalue weighted by Crippen LogP contribution is 2.22. The van der Waals surface area contributed by atoms with Gasteiger partial charge in [-0.3, -0.25) is 0 Å². The summed E-state index contributed by atoms with van der Waals surface area (Å²) in [6.07, 6.45) is 2.45. The lowest BCUT2D eigenvalue weighted by molar-refractivity contribution is 0.120. The van der Waals surface area contributed by atoms with Crippen molar-refractivity contribution >= 4 is 11.8 Å². The van der Waals surface area contributed by atoms with Crippen LogP contribution in [0.25, 0.3) is 11.3 Å². The van der Waals surface area contributed by atoms with Gasteiger partial charge in [0.25, 0.3) is 0 Å². The molecule has 1 saturated heterocycles. The van der Waals surface area contributed by atoms with Gasteiger partial charge in [0.05, 0.1) is 18.4 Å². The Balaban J connectivity index is 1.79. The summed E-state index contributed by atoms with van der Waals surface area (Å²) in [6.45, 7) is 2.04. The van der Waals surface area contributed by atoms with Gasteiger partial charge in [-0.15, -0.1) is 0 Å². The largest absolute Gasteiger partial charge is 0.395 e. The molecule has 0 bridgehead atoms. The van der Waals surface area contributed by atoms with Gasteiger partial charge < -0.3 is 20.5 Å². The summed E-state index contributed by atoms with van der Waals surface area (Å²) < 4.78 is 5.63. The minimum absolute atomic E-state index is 0.0393. The molecule has 0 unspecified atom stereocenters. The molecule has 0 saturated carbocycles. The number of nitrogens with zero attached hydrogens (tertiary/aromatic N) is 2. The van der Waals surface area contributed by atoms with Crippen LogP contribution in [0.1, 0.15) is 12.8 Å². The molecule has 6 nitrogen and oxygen atoms in total. The van der Waals surface area contributed by atoms with E-state index in [-0.39, 0.29) is 12.7 Å². The van der Waals surface area contributed by atoms with Gasteiger partial charge in [0, 0.05) is 31.3 Å². The number of aliphatic hydroxyl groups is 1. The van der Waals surface area contributed by atoms with Crippen molar-refractivity contribution in [2.24, 2.45) is 0 Å². The topological polar surface area (TPSA) is 79.3 Å². The quantitative estimate of drug-likeness (QED) is 0.726. The van der Waals surface area contributed by atoms with E-state index in [4.69, 9.17) is 9.84 Å². The second kappa shape index (κ2) is 7.89. The molecule has 6 heteroatoms. The lowest BCUT2D eigenvalue weighted by atomic mass is 10.1. The van der Waals surface area contributed by atoms with E-state index in [0.717, 1.165) is 43.1 Å². The van der Waals surface area contributed by atoms with Crippen LogP contribution in [0.2, 0.25) is 0 Å². The van der Waals surface area contributed by atoms with Crippen LogP contribution in [0.4, 0.5) is 11.8 Å². The smallest absolute Gasteiger partial charge is 0.225 e. The zero-order chi connectivity index (χ0) is 15.9. The molecular weight excluding hydrogens is 292 g/mol. The fourth-order valence-electron chi connectivity index (χ4n) is 2.57. The van der Waals surface area contributed by atoms with E-state index in [9.17, 15) is 0 Å². The summed E-state index contributed by atoms with van der Waals surface area (Å²) in [5, 5.41) is 15.3. The molecule has 1 aliphatic heterocycles. The molecule has 0 amide bonds. The van der Waals surface area contributed by atoms with Crippen molar-refractivity contribution in [1.82, 2.24) is 9.97 Å². The van der Waals surface area contributed by atoms with E-state index in [1.54, 1.807) is 0 Å². The highest BCUT2D eigenvalue weighted by Gasteiger charge is 2.15. The fourth-order valence-corrected chi connectivity index (χ4v) is 2.57. The Kier molecular flexibility index (Phi) is 5.39. The summed E-state index contributed by atoms with van der Waals surface area (Å²) in [4.78, 5) is 8.97. The number of hydrogen-bond donors (Lipinski definition) is 3. The van der Waals surface area contributed by atoms with Gasteiger partial charge >= 0.3 is 0 Å². The van der Waals surface area contributed by atoms with Crippen LogP contribution in [0.3, 0.4) is 0 Å². The molecule has 3 N–H and O–H groups in total. The average molecular weight is 314 g/mol. The minimum atomic E-state index is 0.0393. The van der Waals surface area contributed by atoms with Crippen molar-refractivity contribution in [2.45, 2.75) is 18.9 Å². The van der Waals surface area contributed by atoms with E-state index in [0.29, 0.717) is 12.5 Å². The number of aliphatic hydroxyl groups excluding tert-OH is 1. The maximum absolute atomic E-state index is 8.98. The first kappa shape index (κ1) is 15.7. The highest BCUT2D eigenvalue weighted by atomic mass is 16.5. The summed E-state index contributed by atoms with van der Waals surface area (Å²) in [5.74, 6) is 1.27. The van der Waals surface area contributed by atoms with Crippen LogP contribution in [-0.2, 0) is 4.74 Å². The average Bonchev–Trinajstić information content (AvgIpc) is 3.12. The monoisotopic (exact) mass is 314 g/mol. The maximum atomic E-state index is 8.98. The molecule has 0 aliphatic carbocycles. The van der Waals surface area contributed by atoms with Gasteiger partial charge in [-0.2, -0.15) is 4.98 Å². The fraction of sp³-hybridized carbons (Fsp3) is 0.412. The first-order valence-corrected chi connectivity index (χ1v) is 8.00. The molecule has 0 radical (unpaired) electrons. The molecule has 1 fully saturated rings. The Morgan fingerprint density at radius 3 is 2.78 bits per heavy atom. The van der Waals surface area contributed by atoms with Crippen molar-refractivity contribution in [3.63, 3.8) is 0 Å². The molecule has 0 spiro atoms. The molecule has 1 aliphatic rings. The molecule has 3 rings (SSSR count). The summed E-state index contributed by atoms with van der Waals surface area (Å²) >= 11 is 0. The summed E-state index contributed by atoms with van der Waals surface area (Å²) in [6, 6.07) is 11.9. The number of anilines is 2. The third-order valence-electron chi connectivity index (χ3n) is 3.73. The van der Waals surface area contributed by atoms with Crippen molar-refractivity contribution < 1.29 is 9.84 Å². The SMILES string of the molecule is OCCNc1nc(NC[C@H]2CCCO2)cc(-c2ccccc2)n1. The first-order valence-electron chi connectivity index (χ1n) is 8.00. The van der Waals surface area contributed by atoms with Crippen LogP contribution in [-0.4, -0.2) is 47.5 Å². The van der Waals surface area contributed by atoms with Gasteiger partial charge in [0.15, 0.2) is 0 Å². The minimum Gasteiger partial charge on any atom is -0.395 e. The van der Waals surface area contributed by atoms with Crippen LogP contribution >= 0.6 is 0 Å². The normalized spacial score (nSPS) is 17.2. The van der Waals surface area contributed by atoms with Gasteiger partial charge in [0.1, 0.15) is 5.82 Å². The Morgan fingerprint density at radius 2 is 2.04 bits per heavy atom. The van der Waals surface area contributed by atoms with Crippen molar-refractivity contribution in [1.29, 1.82) is 0 Å². The predicted molar refractivity (Wildman–Crippen MR) is 90.5 cm³/mol. The Labute approximate surface area is 135 Å². The third kappa shape index (κ3) is 4.40. The van der Waals surface area contributed by atoms with E-state index < -0.39 is 0 Å². The van der Waals surface area contributed by atoms with Crippen molar-refractivity contribution in [2.75, 3.05) is 36.9 Å². The van der Waals surface area contributed by atoms with E-state index >= 15 is 0 Å². The molecule has 2 heterocycles. The summed E-state index contributed by atoms with van der Waals surface area (Å²) in [7, 11) is 0. The number of benzene rings is 1. The zero-order valence-electron chi connectivity index (χ0n) is 13.0. The molecular formula is C17H22N4O2. The van der Waals surface area contributed by atoms with Crippen molar-refractivity contribution in [3.8, 4) is 11.3 Å². The van der Waals surface area contributed by atoms with Gasteiger partial charge in [-0.25, -0.2) is 4.98 Å². The predicted octanol–water partition coefficient (Wildman–Crippen LogP) is 2.14. The lowest BCUT2D eigenvalue weighted by Gasteiger charge is -2.13. The standard InChI is InChI=1S/C17H22N4O2/c22-9-8-18-17-20-15(13-5-2-1-3-6-13)11-16(21-17)19-12-14-7-4-10-23-14/h1-3,5-6,11,14,22H,4,7-10,12H2,(H2,18,19,20,21)/t14-/m1/s1. The Bertz CT molecular complexity index is 615. The van der Waals surface area contributed by atoms with E-state index in [1.165, 1.54) is 0 Å². The second-order valence-electron chi connectivity index (χ2n) is 5.49. The number of nitrogens with one attached hydrogen (secondary N) is 2. The van der Waals surface area contributed by atoms with Gasteiger partial charge in [-0.05, 0) is 12.8 Å². The first-order chi connectivity index (χ1) is 11.3. The van der Waals surface area contributed by atoms with E-state index in [2.05, 4.69) is 20.6 Å². The van der Waals surface area contributed by atoms with E-state index in [1.807, 2.05) is 36.4 Å². The molecule has 1 aromatic heterocycles. The maximum Gasteiger partial charge on any atom is 0.225 e. The number of aromatic nitrogens is 2. The zero-order valence-corrected chi connectivity index (χ0v) is 13.0. The van der Waals surface area contributed by atoms with Crippen LogP contribution in [0.5, 0.6) is 0 Å². The molecule has 1 aromatic carbocycles. The van der Waals surface area contributed by atoms with Crippen LogP contribution in [0.15, 0.2) is 36.4 Å².